The molecule has 0 radical (unpaired) electrons. The number of amides is 2. The lowest BCUT2D eigenvalue weighted by atomic mass is 9.52. The van der Waals surface area contributed by atoms with Gasteiger partial charge in [-0.3, -0.25) is 38.6 Å². The minimum atomic E-state index is -2.87. The molecular formula is C27H33FN4O8. The fourth-order valence-corrected chi connectivity index (χ4v) is 6.62. The number of phenols is 1. The number of benzene rings is 1. The zero-order chi connectivity index (χ0) is 29.8. The van der Waals surface area contributed by atoms with Crippen LogP contribution >= 0.6 is 0 Å². The maximum atomic E-state index is 15.3. The van der Waals surface area contributed by atoms with Gasteiger partial charge in [-0.2, -0.15) is 0 Å². The number of primary amides is 1. The standard InChI is InChI=1S/C27H33FN4O8/c1-5-6-32(4)10-16(33)30-15-9-14(28)12-7-11-8-13-20(31(2)3)23(36)19(26(29)39)25(38)27(13,40)24(37)17(11)22(35)18(12)21(15)34/h9,11,13,17,19-20,34,40H,5-8,10H2,1-4H3,(H2,29,39)(H,30,33)/t11-,13-,17?,19?,20-,27-/m0/s1. The second-order valence-corrected chi connectivity index (χ2v) is 11.2. The summed E-state index contributed by atoms with van der Waals surface area (Å²) in [7, 11) is 4.65. The number of phenolic OH excluding ortho intramolecular Hbond substituents is 1. The van der Waals surface area contributed by atoms with Crippen molar-refractivity contribution in [3.63, 3.8) is 0 Å². The number of aromatic hydroxyl groups is 1. The monoisotopic (exact) mass is 560 g/mol. The van der Waals surface area contributed by atoms with Gasteiger partial charge in [0.1, 0.15) is 11.6 Å². The molecule has 2 saturated carbocycles. The number of Topliss-reactive ketones (excluding diaryl/α,β-unsaturated/α-hetero) is 4. The zero-order valence-corrected chi connectivity index (χ0v) is 22.7. The Bertz CT molecular complexity index is 1330. The molecule has 3 aliphatic carbocycles. The summed E-state index contributed by atoms with van der Waals surface area (Å²) in [5, 5.41) is 24.9. The smallest absolute Gasteiger partial charge is 0.238 e. The van der Waals surface area contributed by atoms with Crippen molar-refractivity contribution in [1.29, 1.82) is 0 Å². The van der Waals surface area contributed by atoms with E-state index in [2.05, 4.69) is 5.32 Å². The highest BCUT2D eigenvalue weighted by molar-refractivity contribution is 6.32. The van der Waals surface area contributed by atoms with Gasteiger partial charge < -0.3 is 21.3 Å². The van der Waals surface area contributed by atoms with Gasteiger partial charge in [0.05, 0.1) is 29.8 Å². The molecular weight excluding hydrogens is 527 g/mol. The number of aliphatic hydroxyl groups is 1. The summed E-state index contributed by atoms with van der Waals surface area (Å²) < 4.78 is 15.3. The van der Waals surface area contributed by atoms with Crippen molar-refractivity contribution in [3.05, 3.63) is 23.0 Å². The van der Waals surface area contributed by atoms with E-state index in [0.717, 1.165) is 12.5 Å². The molecule has 216 valence electrons. The van der Waals surface area contributed by atoms with E-state index >= 15 is 4.39 Å². The molecule has 0 spiro atoms. The van der Waals surface area contributed by atoms with E-state index in [-0.39, 0.29) is 30.6 Å². The van der Waals surface area contributed by atoms with Crippen molar-refractivity contribution in [2.75, 3.05) is 39.5 Å². The molecule has 40 heavy (non-hydrogen) atoms. The summed E-state index contributed by atoms with van der Waals surface area (Å²) >= 11 is 0. The Morgan fingerprint density at radius 2 is 1.82 bits per heavy atom. The van der Waals surface area contributed by atoms with Gasteiger partial charge in [-0.15, -0.1) is 0 Å². The third kappa shape index (κ3) is 4.41. The highest BCUT2D eigenvalue weighted by Gasteiger charge is 2.69. The normalized spacial score (nSPS) is 29.8. The van der Waals surface area contributed by atoms with E-state index in [0.29, 0.717) is 6.54 Å². The van der Waals surface area contributed by atoms with E-state index in [9.17, 15) is 39.0 Å². The molecule has 0 saturated heterocycles. The molecule has 3 aliphatic rings. The molecule has 1 aromatic rings. The van der Waals surface area contributed by atoms with Crippen molar-refractivity contribution >= 4 is 40.6 Å². The van der Waals surface area contributed by atoms with Gasteiger partial charge in [-0.1, -0.05) is 6.92 Å². The number of anilines is 1. The zero-order valence-electron chi connectivity index (χ0n) is 22.7. The van der Waals surface area contributed by atoms with Crippen molar-refractivity contribution in [2.45, 2.75) is 37.8 Å². The predicted octanol–water partition coefficient (Wildman–Crippen LogP) is -0.714. The Morgan fingerprint density at radius 3 is 2.40 bits per heavy atom. The summed E-state index contributed by atoms with van der Waals surface area (Å²) in [6.45, 7) is 2.48. The third-order valence-corrected chi connectivity index (χ3v) is 8.30. The number of hydrogen-bond acceptors (Lipinski definition) is 10. The van der Waals surface area contributed by atoms with E-state index in [1.54, 1.807) is 11.9 Å². The summed E-state index contributed by atoms with van der Waals surface area (Å²) in [6, 6.07) is -0.350. The van der Waals surface area contributed by atoms with Crippen LogP contribution in [-0.2, 0) is 30.4 Å². The number of fused-ring (bicyclic) bond motifs is 3. The fourth-order valence-electron chi connectivity index (χ4n) is 6.62. The SMILES string of the molecule is CCCN(C)CC(=O)Nc1cc(F)c2c(c1O)C(=O)C1C(=O)[C@]3(O)C(=O)C(C(N)=O)C(=O)[C@@H](N(C)C)[C@@H]3C[C@@H]1C2. The van der Waals surface area contributed by atoms with Crippen LogP contribution in [0.25, 0.3) is 0 Å². The Kier molecular flexibility index (Phi) is 7.69. The van der Waals surface area contributed by atoms with Gasteiger partial charge in [0.15, 0.2) is 34.7 Å². The van der Waals surface area contributed by atoms with Crippen LogP contribution in [0.1, 0.15) is 35.7 Å². The lowest BCUT2D eigenvalue weighted by Gasteiger charge is -2.52. The average Bonchev–Trinajstić information content (AvgIpc) is 2.84. The number of nitrogens with zero attached hydrogens (tertiary/aromatic N) is 2. The van der Waals surface area contributed by atoms with Crippen molar-refractivity contribution in [1.82, 2.24) is 9.80 Å². The van der Waals surface area contributed by atoms with Crippen molar-refractivity contribution < 1.29 is 43.4 Å². The first-order valence-corrected chi connectivity index (χ1v) is 13.0. The number of rotatable bonds is 7. The number of likely N-dealkylation sites (N-methyl/N-ethyl adjacent to an activating group) is 2. The van der Waals surface area contributed by atoms with Gasteiger partial charge in [-0.25, -0.2) is 4.39 Å². The number of carbonyl (C=O) groups excluding carboxylic acids is 6. The van der Waals surface area contributed by atoms with E-state index in [1.807, 2.05) is 6.92 Å². The largest absolute Gasteiger partial charge is 0.505 e. The highest BCUT2D eigenvalue weighted by Crippen LogP contribution is 2.51. The highest BCUT2D eigenvalue weighted by atomic mass is 19.1. The average molecular weight is 561 g/mol. The number of ketones is 4. The van der Waals surface area contributed by atoms with Gasteiger partial charge in [0.25, 0.3) is 0 Å². The van der Waals surface area contributed by atoms with Crippen LogP contribution in [0.5, 0.6) is 5.75 Å². The first kappa shape index (κ1) is 29.4. The first-order chi connectivity index (χ1) is 18.7. The molecule has 0 aromatic heterocycles. The predicted molar refractivity (Wildman–Crippen MR) is 138 cm³/mol. The van der Waals surface area contributed by atoms with Crippen LogP contribution < -0.4 is 11.1 Å². The fraction of sp³-hybridized carbons (Fsp3) is 0.556. The molecule has 4 rings (SSSR count). The molecule has 6 atom stereocenters. The summed E-state index contributed by atoms with van der Waals surface area (Å²) in [4.78, 5) is 81.5. The van der Waals surface area contributed by atoms with Gasteiger partial charge in [0, 0.05) is 17.5 Å². The number of carbonyl (C=O) groups is 6. The lowest BCUT2D eigenvalue weighted by molar-refractivity contribution is -0.181. The van der Waals surface area contributed by atoms with Crippen LogP contribution in [0.4, 0.5) is 10.1 Å². The second kappa shape index (κ2) is 10.5. The van der Waals surface area contributed by atoms with Gasteiger partial charge >= 0.3 is 0 Å². The number of hydrogen-bond donors (Lipinski definition) is 4. The molecule has 12 nitrogen and oxygen atoms in total. The Balaban J connectivity index is 1.75. The quantitative estimate of drug-likeness (QED) is 0.245. The number of nitrogens with two attached hydrogens (primary N) is 1. The first-order valence-electron chi connectivity index (χ1n) is 13.0. The van der Waals surface area contributed by atoms with Crippen LogP contribution in [0, 0.1) is 29.5 Å². The van der Waals surface area contributed by atoms with E-state index in [1.165, 1.54) is 19.0 Å². The van der Waals surface area contributed by atoms with Crippen LogP contribution in [0.3, 0.4) is 0 Å². The lowest BCUT2D eigenvalue weighted by Crippen LogP contribution is -2.74. The molecule has 13 heteroatoms. The van der Waals surface area contributed by atoms with Gasteiger partial charge in [0.2, 0.25) is 11.8 Å². The van der Waals surface area contributed by atoms with Crippen LogP contribution in [0.2, 0.25) is 0 Å². The van der Waals surface area contributed by atoms with Gasteiger partial charge in [-0.05, 0) is 52.9 Å². The third-order valence-electron chi connectivity index (χ3n) is 8.30. The van der Waals surface area contributed by atoms with Crippen molar-refractivity contribution in [2.24, 2.45) is 29.4 Å². The molecule has 5 N–H and O–H groups in total. The molecule has 1 aromatic carbocycles. The Hall–Kier alpha value is -3.55. The van der Waals surface area contributed by atoms with E-state index in [4.69, 9.17) is 5.73 Å². The minimum Gasteiger partial charge on any atom is -0.505 e. The van der Waals surface area contributed by atoms with Crippen LogP contribution in [0.15, 0.2) is 6.07 Å². The number of nitrogens with one attached hydrogen (secondary N) is 1. The van der Waals surface area contributed by atoms with Crippen molar-refractivity contribution in [3.8, 4) is 5.75 Å². The topological polar surface area (TPSA) is 187 Å². The summed E-state index contributed by atoms with van der Waals surface area (Å²) in [5.41, 5.74) is 1.36. The maximum absolute atomic E-state index is 15.3. The van der Waals surface area contributed by atoms with E-state index < -0.39 is 87.4 Å². The molecule has 0 aliphatic heterocycles. The Labute approximate surface area is 229 Å². The molecule has 0 bridgehead atoms. The molecule has 0 heterocycles. The van der Waals surface area contributed by atoms with Crippen LogP contribution in [-0.4, -0.2) is 101 Å². The summed E-state index contributed by atoms with van der Waals surface area (Å²) in [6.07, 6.45) is 0.387. The molecule has 2 unspecified atom stereocenters. The Morgan fingerprint density at radius 1 is 1.18 bits per heavy atom. The minimum absolute atomic E-state index is 0.0631. The number of halogens is 1. The maximum Gasteiger partial charge on any atom is 0.238 e. The molecule has 2 fully saturated rings. The molecule has 2 amide bonds. The second-order valence-electron chi connectivity index (χ2n) is 11.2. The summed E-state index contributed by atoms with van der Waals surface area (Å²) in [5.74, 6) is -14.0.